The Morgan fingerprint density at radius 3 is 2.31 bits per heavy atom. The molecule has 3 amide bonds. The van der Waals surface area contributed by atoms with E-state index in [1.54, 1.807) is 24.3 Å². The molecule has 0 bridgehead atoms. The van der Waals surface area contributed by atoms with Crippen LogP contribution in [0, 0.1) is 0 Å². The molecule has 1 aliphatic rings. The lowest BCUT2D eigenvalue weighted by Gasteiger charge is -2.20. The van der Waals surface area contributed by atoms with Crippen molar-refractivity contribution in [1.82, 2.24) is 9.88 Å². The van der Waals surface area contributed by atoms with Gasteiger partial charge in [0.25, 0.3) is 0 Å². The first-order valence-electron chi connectivity index (χ1n) is 8.08. The van der Waals surface area contributed by atoms with E-state index in [4.69, 9.17) is 0 Å². The number of thiazole rings is 1. The van der Waals surface area contributed by atoms with Gasteiger partial charge in [0, 0.05) is 42.7 Å². The normalized spacial score (nSPS) is 13.6. The maximum Gasteiger partial charge on any atom is 0.315 e. The molecule has 8 nitrogen and oxygen atoms in total. The average molecular weight is 373 g/mol. The zero-order valence-corrected chi connectivity index (χ0v) is 15.3. The third-order valence-electron chi connectivity index (χ3n) is 3.81. The molecule has 26 heavy (non-hydrogen) atoms. The number of nitrogens with one attached hydrogen (secondary N) is 3. The van der Waals surface area contributed by atoms with Gasteiger partial charge in [-0.25, -0.2) is 4.98 Å². The van der Waals surface area contributed by atoms with Crippen LogP contribution in [0.2, 0.25) is 0 Å². The van der Waals surface area contributed by atoms with Crippen LogP contribution in [0.15, 0.2) is 24.3 Å². The lowest BCUT2D eigenvalue weighted by atomic mass is 10.2. The Morgan fingerprint density at radius 1 is 1.04 bits per heavy atom. The van der Waals surface area contributed by atoms with Crippen LogP contribution in [0.4, 0.5) is 16.5 Å². The van der Waals surface area contributed by atoms with Gasteiger partial charge in [0.2, 0.25) is 5.91 Å². The molecule has 1 aromatic carbocycles. The lowest BCUT2D eigenvalue weighted by Crippen LogP contribution is -2.29. The zero-order chi connectivity index (χ0) is 18.7. The minimum atomic E-state index is -0.775. The van der Waals surface area contributed by atoms with E-state index in [9.17, 15) is 14.4 Å². The quantitative estimate of drug-likeness (QED) is 0.710. The van der Waals surface area contributed by atoms with Crippen LogP contribution in [-0.2, 0) is 27.3 Å². The second kappa shape index (κ2) is 7.63. The molecule has 0 spiro atoms. The number of carbonyl (C=O) groups is 3. The zero-order valence-electron chi connectivity index (χ0n) is 14.5. The smallest absolute Gasteiger partial charge is 0.315 e. The van der Waals surface area contributed by atoms with Crippen molar-refractivity contribution in [2.45, 2.75) is 19.9 Å². The van der Waals surface area contributed by atoms with E-state index in [0.717, 1.165) is 30.1 Å². The molecule has 1 aliphatic heterocycles. The summed E-state index contributed by atoms with van der Waals surface area (Å²) < 4.78 is 0. The Hall–Kier alpha value is -2.78. The highest BCUT2D eigenvalue weighted by Crippen LogP contribution is 2.27. The lowest BCUT2D eigenvalue weighted by molar-refractivity contribution is -0.132. The average Bonchev–Trinajstić information content (AvgIpc) is 2.97. The molecule has 1 aromatic heterocycles. The van der Waals surface area contributed by atoms with E-state index in [0.29, 0.717) is 16.5 Å². The fourth-order valence-electron chi connectivity index (χ4n) is 2.56. The molecule has 0 unspecified atom stereocenters. The molecular weight excluding hydrogens is 354 g/mol. The highest BCUT2D eigenvalue weighted by atomic mass is 32.1. The number of aromatic nitrogens is 1. The second-order valence-corrected chi connectivity index (χ2v) is 7.13. The highest BCUT2D eigenvalue weighted by molar-refractivity contribution is 7.16. The summed E-state index contributed by atoms with van der Waals surface area (Å²) in [5.41, 5.74) is 2.05. The van der Waals surface area contributed by atoms with Gasteiger partial charge < -0.3 is 15.5 Å². The van der Waals surface area contributed by atoms with Crippen molar-refractivity contribution in [2.24, 2.45) is 0 Å². The van der Waals surface area contributed by atoms with Gasteiger partial charge in [-0.1, -0.05) is 0 Å². The van der Waals surface area contributed by atoms with Crippen molar-refractivity contribution in [3.05, 3.63) is 34.8 Å². The fraction of sp³-hybridized carbons (Fsp3) is 0.294. The molecule has 0 fully saturated rings. The van der Waals surface area contributed by atoms with Crippen LogP contribution in [0.3, 0.4) is 0 Å². The first-order valence-corrected chi connectivity index (χ1v) is 8.89. The molecule has 2 aromatic rings. The minimum Gasteiger partial charge on any atom is -0.326 e. The number of hydrogen-bond donors (Lipinski definition) is 3. The molecule has 0 radical (unpaired) electrons. The van der Waals surface area contributed by atoms with Crippen molar-refractivity contribution in [3.63, 3.8) is 0 Å². The number of rotatable bonds is 3. The standard InChI is InChI=1S/C17H19N5O3S/c1-10(23)18-11-3-5-12(6-4-11)19-15(24)16(25)21-17-20-13-7-8-22(2)9-14(13)26-17/h3-6H,7-9H2,1-2H3,(H,18,23)(H,19,24)(H,20,21,25). The number of carbonyl (C=O) groups excluding carboxylic acids is 3. The number of likely N-dealkylation sites (N-methyl/N-ethyl adjacent to an activating group) is 1. The van der Waals surface area contributed by atoms with Crippen LogP contribution < -0.4 is 16.0 Å². The Balaban J connectivity index is 1.58. The van der Waals surface area contributed by atoms with E-state index in [1.807, 2.05) is 7.05 Å². The number of amides is 3. The number of nitrogens with zero attached hydrogens (tertiary/aromatic N) is 2. The fourth-order valence-corrected chi connectivity index (χ4v) is 3.64. The number of benzene rings is 1. The van der Waals surface area contributed by atoms with Gasteiger partial charge in [0.15, 0.2) is 5.13 Å². The highest BCUT2D eigenvalue weighted by Gasteiger charge is 2.21. The van der Waals surface area contributed by atoms with Gasteiger partial charge in [-0.2, -0.15) is 0 Å². The first kappa shape index (κ1) is 18.0. The van der Waals surface area contributed by atoms with E-state index in [-0.39, 0.29) is 5.91 Å². The second-order valence-electron chi connectivity index (χ2n) is 6.04. The van der Waals surface area contributed by atoms with Crippen molar-refractivity contribution in [3.8, 4) is 0 Å². The van der Waals surface area contributed by atoms with Crippen LogP contribution in [0.25, 0.3) is 0 Å². The van der Waals surface area contributed by atoms with Crippen LogP contribution >= 0.6 is 11.3 Å². The first-order chi connectivity index (χ1) is 12.4. The summed E-state index contributed by atoms with van der Waals surface area (Å²) in [6.45, 7) is 3.14. The maximum atomic E-state index is 12.1. The molecule has 0 saturated carbocycles. The van der Waals surface area contributed by atoms with Crippen molar-refractivity contribution in [2.75, 3.05) is 29.5 Å². The third kappa shape index (κ3) is 4.44. The van der Waals surface area contributed by atoms with Gasteiger partial charge in [-0.3, -0.25) is 19.7 Å². The number of hydrogen-bond acceptors (Lipinski definition) is 6. The van der Waals surface area contributed by atoms with Crippen LogP contribution in [0.1, 0.15) is 17.5 Å². The Bertz CT molecular complexity index is 847. The molecule has 0 saturated heterocycles. The maximum absolute atomic E-state index is 12.1. The third-order valence-corrected chi connectivity index (χ3v) is 4.81. The van der Waals surface area contributed by atoms with Gasteiger partial charge in [0.1, 0.15) is 0 Å². The molecule has 2 heterocycles. The summed E-state index contributed by atoms with van der Waals surface area (Å²) in [7, 11) is 2.03. The van der Waals surface area contributed by atoms with Crippen LogP contribution in [-0.4, -0.2) is 41.2 Å². The predicted molar refractivity (Wildman–Crippen MR) is 100 cm³/mol. The van der Waals surface area contributed by atoms with E-state index < -0.39 is 11.8 Å². The summed E-state index contributed by atoms with van der Waals surface area (Å²) in [5, 5.41) is 8.13. The summed E-state index contributed by atoms with van der Waals surface area (Å²) in [6, 6.07) is 6.49. The topological polar surface area (TPSA) is 103 Å². The van der Waals surface area contributed by atoms with Crippen LogP contribution in [0.5, 0.6) is 0 Å². The Kier molecular flexibility index (Phi) is 5.29. The van der Waals surface area contributed by atoms with E-state index >= 15 is 0 Å². The SMILES string of the molecule is CC(=O)Nc1ccc(NC(=O)C(=O)Nc2nc3c(s2)CN(C)CC3)cc1. The Labute approximate surface area is 154 Å². The van der Waals surface area contributed by atoms with E-state index in [1.165, 1.54) is 18.3 Å². The molecule has 0 atom stereocenters. The molecule has 3 rings (SSSR count). The largest absolute Gasteiger partial charge is 0.326 e. The van der Waals surface area contributed by atoms with Crippen molar-refractivity contribution >= 4 is 45.6 Å². The van der Waals surface area contributed by atoms with Crippen molar-refractivity contribution in [1.29, 1.82) is 0 Å². The summed E-state index contributed by atoms with van der Waals surface area (Å²) in [4.78, 5) is 42.8. The van der Waals surface area contributed by atoms with E-state index in [2.05, 4.69) is 25.8 Å². The minimum absolute atomic E-state index is 0.182. The summed E-state index contributed by atoms with van der Waals surface area (Å²) in [5.74, 6) is -1.73. The molecular formula is C17H19N5O3S. The molecule has 9 heteroatoms. The summed E-state index contributed by atoms with van der Waals surface area (Å²) >= 11 is 1.39. The Morgan fingerprint density at radius 2 is 1.65 bits per heavy atom. The van der Waals surface area contributed by atoms with Gasteiger partial charge in [-0.15, -0.1) is 11.3 Å². The van der Waals surface area contributed by atoms with Gasteiger partial charge in [0.05, 0.1) is 5.69 Å². The van der Waals surface area contributed by atoms with Gasteiger partial charge in [-0.05, 0) is 31.3 Å². The van der Waals surface area contributed by atoms with Crippen molar-refractivity contribution < 1.29 is 14.4 Å². The molecule has 0 aliphatic carbocycles. The number of fused-ring (bicyclic) bond motifs is 1. The monoisotopic (exact) mass is 373 g/mol. The predicted octanol–water partition coefficient (Wildman–Crippen LogP) is 1.67. The molecule has 3 N–H and O–H groups in total. The number of anilines is 3. The van der Waals surface area contributed by atoms with Gasteiger partial charge >= 0.3 is 11.8 Å². The molecule has 136 valence electrons. The summed E-state index contributed by atoms with van der Waals surface area (Å²) in [6.07, 6.45) is 0.838.